The standard InChI is InChI=1S/C24H34N4O2/c1-24(2,3)28-22(29)11-19(23(28)20-14-26-27(4)15-20)13-25-12-18-7-5-6-8-21(18)30-16-17-9-10-17/h5-8,14-15,17,19,23,25H,9-13,16H2,1-4H3/t19-,23+/m0/s1. The molecule has 1 aliphatic heterocycles. The van der Waals surface area contributed by atoms with Crippen LogP contribution in [0, 0.1) is 11.8 Å². The molecule has 0 spiro atoms. The molecule has 1 aliphatic carbocycles. The Labute approximate surface area is 179 Å². The first-order valence-corrected chi connectivity index (χ1v) is 11.0. The summed E-state index contributed by atoms with van der Waals surface area (Å²) in [4.78, 5) is 15.0. The molecule has 1 amide bonds. The number of aryl methyl sites for hydroxylation is 1. The molecule has 2 fully saturated rings. The summed E-state index contributed by atoms with van der Waals surface area (Å²) < 4.78 is 7.86. The molecule has 30 heavy (non-hydrogen) atoms. The van der Waals surface area contributed by atoms with Gasteiger partial charge in [-0.1, -0.05) is 18.2 Å². The zero-order valence-electron chi connectivity index (χ0n) is 18.6. The SMILES string of the molecule is Cn1cc([C@H]2[C@H](CNCc3ccccc3OCC3CC3)CC(=O)N2C(C)(C)C)cn1. The van der Waals surface area contributed by atoms with Gasteiger partial charge in [-0.3, -0.25) is 9.48 Å². The Hall–Kier alpha value is -2.34. The van der Waals surface area contributed by atoms with Gasteiger partial charge in [-0.15, -0.1) is 0 Å². The highest BCUT2D eigenvalue weighted by Gasteiger charge is 2.45. The average molecular weight is 411 g/mol. The minimum atomic E-state index is -0.227. The van der Waals surface area contributed by atoms with Gasteiger partial charge in [0.15, 0.2) is 0 Å². The smallest absolute Gasteiger partial charge is 0.223 e. The highest BCUT2D eigenvalue weighted by atomic mass is 16.5. The van der Waals surface area contributed by atoms with E-state index in [4.69, 9.17) is 4.74 Å². The zero-order chi connectivity index (χ0) is 21.3. The summed E-state index contributed by atoms with van der Waals surface area (Å²) in [5.74, 6) is 2.13. The van der Waals surface area contributed by atoms with Crippen LogP contribution in [0.5, 0.6) is 5.75 Å². The van der Waals surface area contributed by atoms with Gasteiger partial charge in [-0.05, 0) is 45.6 Å². The van der Waals surface area contributed by atoms with Crippen LogP contribution in [-0.4, -0.2) is 39.3 Å². The van der Waals surface area contributed by atoms with E-state index in [0.717, 1.165) is 36.9 Å². The Kier molecular flexibility index (Phi) is 5.87. The van der Waals surface area contributed by atoms with E-state index in [1.54, 1.807) is 0 Å². The number of aromatic nitrogens is 2. The molecule has 0 bridgehead atoms. The Bertz CT molecular complexity index is 881. The highest BCUT2D eigenvalue weighted by molar-refractivity contribution is 5.80. The predicted molar refractivity (Wildman–Crippen MR) is 117 cm³/mol. The van der Waals surface area contributed by atoms with Gasteiger partial charge in [-0.2, -0.15) is 5.10 Å². The van der Waals surface area contributed by atoms with Gasteiger partial charge in [0.2, 0.25) is 5.91 Å². The van der Waals surface area contributed by atoms with E-state index in [-0.39, 0.29) is 23.4 Å². The minimum Gasteiger partial charge on any atom is -0.493 e. The zero-order valence-corrected chi connectivity index (χ0v) is 18.6. The third kappa shape index (κ3) is 4.69. The third-order valence-electron chi connectivity index (χ3n) is 6.09. The van der Waals surface area contributed by atoms with Crippen LogP contribution in [0.1, 0.15) is 57.2 Å². The van der Waals surface area contributed by atoms with Crippen LogP contribution < -0.4 is 10.1 Å². The summed E-state index contributed by atoms with van der Waals surface area (Å²) in [5.41, 5.74) is 2.06. The Balaban J connectivity index is 1.44. The molecule has 1 saturated heterocycles. The van der Waals surface area contributed by atoms with Crippen LogP contribution in [0.15, 0.2) is 36.7 Å². The minimum absolute atomic E-state index is 0.0417. The van der Waals surface area contributed by atoms with E-state index >= 15 is 0 Å². The monoisotopic (exact) mass is 410 g/mol. The molecule has 1 aromatic heterocycles. The summed E-state index contributed by atoms with van der Waals surface area (Å²) in [6, 6.07) is 8.30. The lowest BCUT2D eigenvalue weighted by molar-refractivity contribution is -0.133. The summed E-state index contributed by atoms with van der Waals surface area (Å²) in [7, 11) is 1.92. The first kappa shape index (κ1) is 20.9. The van der Waals surface area contributed by atoms with Crippen molar-refractivity contribution in [2.75, 3.05) is 13.2 Å². The molecule has 6 nitrogen and oxygen atoms in total. The van der Waals surface area contributed by atoms with Crippen molar-refractivity contribution >= 4 is 5.91 Å². The molecule has 2 heterocycles. The molecule has 4 rings (SSSR count). The Morgan fingerprint density at radius 1 is 1.23 bits per heavy atom. The first-order chi connectivity index (χ1) is 14.3. The highest BCUT2D eigenvalue weighted by Crippen LogP contribution is 2.42. The lowest BCUT2D eigenvalue weighted by Gasteiger charge is -2.38. The number of rotatable bonds is 8. The molecule has 162 valence electrons. The molecule has 2 aliphatic rings. The maximum atomic E-state index is 12.9. The van der Waals surface area contributed by atoms with Crippen LogP contribution in [0.2, 0.25) is 0 Å². The van der Waals surface area contributed by atoms with Gasteiger partial charge in [0, 0.05) is 55.3 Å². The normalized spacial score (nSPS) is 22.0. The van der Waals surface area contributed by atoms with E-state index in [9.17, 15) is 4.79 Å². The summed E-state index contributed by atoms with van der Waals surface area (Å²) >= 11 is 0. The number of amides is 1. The summed E-state index contributed by atoms with van der Waals surface area (Å²) in [6.07, 6.45) is 7.07. The summed E-state index contributed by atoms with van der Waals surface area (Å²) in [5, 5.41) is 7.96. The molecule has 1 aromatic carbocycles. The number of carbonyl (C=O) groups is 1. The Morgan fingerprint density at radius 2 is 2.00 bits per heavy atom. The second-order valence-corrected chi connectivity index (χ2v) is 9.78. The van der Waals surface area contributed by atoms with Gasteiger partial charge in [0.25, 0.3) is 0 Å². The van der Waals surface area contributed by atoms with Crippen LogP contribution in [0.25, 0.3) is 0 Å². The van der Waals surface area contributed by atoms with Gasteiger partial charge < -0.3 is 15.0 Å². The van der Waals surface area contributed by atoms with E-state index in [2.05, 4.69) is 49.4 Å². The molecule has 6 heteroatoms. The molecule has 2 aromatic rings. The van der Waals surface area contributed by atoms with E-state index in [1.807, 2.05) is 35.1 Å². The number of hydrogen-bond acceptors (Lipinski definition) is 4. The van der Waals surface area contributed by atoms with Crippen molar-refractivity contribution in [3.8, 4) is 5.75 Å². The van der Waals surface area contributed by atoms with Crippen LogP contribution in [0.3, 0.4) is 0 Å². The molecule has 1 N–H and O–H groups in total. The van der Waals surface area contributed by atoms with Crippen molar-refractivity contribution in [1.29, 1.82) is 0 Å². The fraction of sp³-hybridized carbons (Fsp3) is 0.583. The van der Waals surface area contributed by atoms with Crippen molar-refractivity contribution in [2.45, 2.75) is 58.2 Å². The van der Waals surface area contributed by atoms with Crippen molar-refractivity contribution in [1.82, 2.24) is 20.0 Å². The van der Waals surface area contributed by atoms with Gasteiger partial charge in [0.1, 0.15) is 5.75 Å². The fourth-order valence-corrected chi connectivity index (χ4v) is 4.46. The lowest BCUT2D eigenvalue weighted by atomic mass is 9.93. The van der Waals surface area contributed by atoms with Gasteiger partial charge in [-0.25, -0.2) is 0 Å². The van der Waals surface area contributed by atoms with Crippen molar-refractivity contribution in [3.05, 3.63) is 47.8 Å². The maximum Gasteiger partial charge on any atom is 0.223 e. The molecule has 2 atom stereocenters. The molecule has 0 unspecified atom stereocenters. The van der Waals surface area contributed by atoms with E-state index in [0.29, 0.717) is 6.42 Å². The topological polar surface area (TPSA) is 59.4 Å². The van der Waals surface area contributed by atoms with Crippen molar-refractivity contribution < 1.29 is 9.53 Å². The molecular formula is C24H34N4O2. The van der Waals surface area contributed by atoms with Crippen LogP contribution >= 0.6 is 0 Å². The number of ether oxygens (including phenoxy) is 1. The molecular weight excluding hydrogens is 376 g/mol. The number of likely N-dealkylation sites (tertiary alicyclic amines) is 1. The van der Waals surface area contributed by atoms with E-state index in [1.165, 1.54) is 18.4 Å². The average Bonchev–Trinajstić information content (AvgIpc) is 3.32. The molecule has 1 saturated carbocycles. The number of benzene rings is 1. The van der Waals surface area contributed by atoms with Crippen molar-refractivity contribution in [2.24, 2.45) is 18.9 Å². The fourth-order valence-electron chi connectivity index (χ4n) is 4.46. The number of carbonyl (C=O) groups excluding carboxylic acids is 1. The first-order valence-electron chi connectivity index (χ1n) is 11.0. The van der Waals surface area contributed by atoms with Crippen LogP contribution in [0.4, 0.5) is 0 Å². The Morgan fingerprint density at radius 3 is 2.67 bits per heavy atom. The van der Waals surface area contributed by atoms with Crippen LogP contribution in [-0.2, 0) is 18.4 Å². The number of nitrogens with zero attached hydrogens (tertiary/aromatic N) is 3. The quantitative estimate of drug-likeness (QED) is 0.721. The van der Waals surface area contributed by atoms with Gasteiger partial charge >= 0.3 is 0 Å². The second kappa shape index (κ2) is 8.42. The lowest BCUT2D eigenvalue weighted by Crippen LogP contribution is -2.44. The second-order valence-electron chi connectivity index (χ2n) is 9.78. The molecule has 0 radical (unpaired) electrons. The third-order valence-corrected chi connectivity index (χ3v) is 6.09. The number of hydrogen-bond donors (Lipinski definition) is 1. The summed E-state index contributed by atoms with van der Waals surface area (Å²) in [6.45, 7) is 8.65. The predicted octanol–water partition coefficient (Wildman–Crippen LogP) is 3.69. The largest absolute Gasteiger partial charge is 0.493 e. The van der Waals surface area contributed by atoms with Gasteiger partial charge in [0.05, 0.1) is 18.8 Å². The number of para-hydroxylation sites is 1. The van der Waals surface area contributed by atoms with E-state index < -0.39 is 0 Å². The maximum absolute atomic E-state index is 12.9. The van der Waals surface area contributed by atoms with Crippen molar-refractivity contribution in [3.63, 3.8) is 0 Å². The number of nitrogens with one attached hydrogen (secondary N) is 1.